The van der Waals surface area contributed by atoms with Crippen LogP contribution in [0.1, 0.15) is 38.5 Å². The van der Waals surface area contributed by atoms with E-state index in [4.69, 9.17) is 5.11 Å². The van der Waals surface area contributed by atoms with Crippen LogP contribution in [-0.2, 0) is 4.79 Å². The molecule has 2 heterocycles. The lowest BCUT2D eigenvalue weighted by molar-refractivity contribution is -0.135. The summed E-state index contributed by atoms with van der Waals surface area (Å²) in [6, 6.07) is 0.659. The standard InChI is InChI=1S/C18H31N3O2/c22-13-12-19-8-10-20(11-9-19)15-2-6-21(7-3-15)17(23)16-14-18(16)4-1-5-18/h15-16,22H,1-14H2. The maximum Gasteiger partial charge on any atom is 0.226 e. The summed E-state index contributed by atoms with van der Waals surface area (Å²) in [5, 5.41) is 9.03. The first-order valence-electron chi connectivity index (χ1n) is 9.58. The van der Waals surface area contributed by atoms with Crippen LogP contribution in [0.5, 0.6) is 0 Å². The second-order valence-corrected chi connectivity index (χ2v) is 8.13. The average Bonchev–Trinajstić information content (AvgIpc) is 3.32. The van der Waals surface area contributed by atoms with Crippen molar-refractivity contribution in [3.8, 4) is 0 Å². The molecule has 23 heavy (non-hydrogen) atoms. The number of nitrogens with zero attached hydrogens (tertiary/aromatic N) is 3. The van der Waals surface area contributed by atoms with Crippen molar-refractivity contribution in [3.05, 3.63) is 0 Å². The van der Waals surface area contributed by atoms with Gasteiger partial charge in [-0.25, -0.2) is 0 Å². The quantitative estimate of drug-likeness (QED) is 0.831. The van der Waals surface area contributed by atoms with E-state index in [1.807, 2.05) is 0 Å². The fraction of sp³-hybridized carbons (Fsp3) is 0.944. The number of likely N-dealkylation sites (tertiary alicyclic amines) is 1. The van der Waals surface area contributed by atoms with E-state index < -0.39 is 0 Å². The highest BCUT2D eigenvalue weighted by Crippen LogP contribution is 2.65. The predicted molar refractivity (Wildman–Crippen MR) is 89.1 cm³/mol. The van der Waals surface area contributed by atoms with Crippen molar-refractivity contribution in [2.24, 2.45) is 11.3 Å². The summed E-state index contributed by atoms with van der Waals surface area (Å²) in [4.78, 5) is 19.8. The molecule has 0 aromatic carbocycles. The number of aliphatic hydroxyl groups excluding tert-OH is 1. The Morgan fingerprint density at radius 3 is 2.26 bits per heavy atom. The molecular formula is C18H31N3O2. The van der Waals surface area contributed by atoms with Gasteiger partial charge in [0.05, 0.1) is 6.61 Å². The van der Waals surface area contributed by atoms with E-state index in [2.05, 4.69) is 14.7 Å². The Bertz CT molecular complexity index is 436. The smallest absolute Gasteiger partial charge is 0.226 e. The molecule has 1 amide bonds. The number of aliphatic hydroxyl groups is 1. The first-order chi connectivity index (χ1) is 11.2. The minimum absolute atomic E-state index is 0.267. The van der Waals surface area contributed by atoms with E-state index in [1.54, 1.807) is 0 Å². The molecule has 4 fully saturated rings. The number of piperidine rings is 1. The molecule has 1 unspecified atom stereocenters. The summed E-state index contributed by atoms with van der Waals surface area (Å²) in [7, 11) is 0. The Balaban J connectivity index is 1.21. The molecule has 0 aromatic rings. The monoisotopic (exact) mass is 321 g/mol. The Hall–Kier alpha value is -0.650. The zero-order chi connectivity index (χ0) is 15.9. The van der Waals surface area contributed by atoms with Gasteiger partial charge in [-0.3, -0.25) is 14.6 Å². The molecule has 2 aliphatic heterocycles. The maximum atomic E-state index is 12.6. The van der Waals surface area contributed by atoms with Gasteiger partial charge in [-0.1, -0.05) is 6.42 Å². The zero-order valence-corrected chi connectivity index (χ0v) is 14.3. The van der Waals surface area contributed by atoms with Gasteiger partial charge in [0.1, 0.15) is 0 Å². The third kappa shape index (κ3) is 3.03. The van der Waals surface area contributed by atoms with Gasteiger partial charge in [-0.05, 0) is 37.5 Å². The topological polar surface area (TPSA) is 47.0 Å². The average molecular weight is 321 g/mol. The summed E-state index contributed by atoms with van der Waals surface area (Å²) < 4.78 is 0. The molecule has 0 radical (unpaired) electrons. The molecule has 2 saturated heterocycles. The Kier molecular flexibility index (Phi) is 4.37. The van der Waals surface area contributed by atoms with Crippen LogP contribution >= 0.6 is 0 Å². The number of rotatable bonds is 4. The Morgan fingerprint density at radius 1 is 1.04 bits per heavy atom. The van der Waals surface area contributed by atoms with E-state index in [0.717, 1.165) is 58.7 Å². The summed E-state index contributed by atoms with van der Waals surface area (Å²) in [5.41, 5.74) is 0.469. The second kappa shape index (κ2) is 6.34. The van der Waals surface area contributed by atoms with Crippen molar-refractivity contribution >= 4 is 5.91 Å². The molecule has 1 spiro atoms. The minimum atomic E-state index is 0.267. The van der Waals surface area contributed by atoms with Gasteiger partial charge < -0.3 is 10.0 Å². The fourth-order valence-electron chi connectivity index (χ4n) is 5.05. The highest BCUT2D eigenvalue weighted by atomic mass is 16.3. The van der Waals surface area contributed by atoms with E-state index in [9.17, 15) is 4.79 Å². The molecule has 4 aliphatic rings. The molecule has 2 saturated carbocycles. The number of β-amino-alcohol motifs (C(OH)–C–C–N with tert-alkyl or cyclic N) is 1. The Morgan fingerprint density at radius 2 is 1.74 bits per heavy atom. The lowest BCUT2D eigenvalue weighted by atomic mass is 9.79. The van der Waals surface area contributed by atoms with Crippen molar-refractivity contribution in [3.63, 3.8) is 0 Å². The molecule has 5 nitrogen and oxygen atoms in total. The van der Waals surface area contributed by atoms with Crippen molar-refractivity contribution in [1.29, 1.82) is 0 Å². The summed E-state index contributed by atoms with van der Waals surface area (Å²) in [6.45, 7) is 7.39. The number of carbonyl (C=O) groups is 1. The summed E-state index contributed by atoms with van der Waals surface area (Å²) in [6.07, 6.45) is 7.42. The van der Waals surface area contributed by atoms with E-state index in [1.165, 1.54) is 25.7 Å². The first kappa shape index (κ1) is 15.9. The molecule has 1 N–H and O–H groups in total. The van der Waals surface area contributed by atoms with Gasteiger partial charge in [-0.15, -0.1) is 0 Å². The van der Waals surface area contributed by atoms with Gasteiger partial charge >= 0.3 is 0 Å². The molecule has 1 atom stereocenters. The van der Waals surface area contributed by atoms with E-state index >= 15 is 0 Å². The van der Waals surface area contributed by atoms with Crippen molar-refractivity contribution in [2.45, 2.75) is 44.6 Å². The molecule has 2 aliphatic carbocycles. The number of amides is 1. The van der Waals surface area contributed by atoms with Crippen LogP contribution in [0, 0.1) is 11.3 Å². The van der Waals surface area contributed by atoms with Crippen LogP contribution < -0.4 is 0 Å². The third-order valence-electron chi connectivity index (χ3n) is 6.95. The van der Waals surface area contributed by atoms with Crippen LogP contribution in [0.3, 0.4) is 0 Å². The van der Waals surface area contributed by atoms with E-state index in [0.29, 0.717) is 23.3 Å². The van der Waals surface area contributed by atoms with Gasteiger partial charge in [0.25, 0.3) is 0 Å². The maximum absolute atomic E-state index is 12.6. The molecule has 0 aromatic heterocycles. The molecule has 4 rings (SSSR count). The molecule has 130 valence electrons. The van der Waals surface area contributed by atoms with Crippen molar-refractivity contribution < 1.29 is 9.90 Å². The third-order valence-corrected chi connectivity index (χ3v) is 6.95. The first-order valence-corrected chi connectivity index (χ1v) is 9.58. The van der Waals surface area contributed by atoms with E-state index in [-0.39, 0.29) is 6.61 Å². The van der Waals surface area contributed by atoms with Crippen LogP contribution in [-0.4, -0.2) is 84.2 Å². The predicted octanol–water partition coefficient (Wildman–Crippen LogP) is 0.778. The highest BCUT2D eigenvalue weighted by Gasteiger charge is 2.61. The molecule has 0 bridgehead atoms. The highest BCUT2D eigenvalue weighted by molar-refractivity contribution is 5.83. The Labute approximate surface area is 139 Å². The van der Waals surface area contributed by atoms with Gasteiger partial charge in [-0.2, -0.15) is 0 Å². The van der Waals surface area contributed by atoms with Crippen LogP contribution in [0.2, 0.25) is 0 Å². The molecular weight excluding hydrogens is 290 g/mol. The van der Waals surface area contributed by atoms with Crippen molar-refractivity contribution in [1.82, 2.24) is 14.7 Å². The minimum Gasteiger partial charge on any atom is -0.395 e. The SMILES string of the molecule is O=C(C1CC12CCC2)N1CCC(N2CCN(CCO)CC2)CC1. The number of piperazine rings is 1. The number of hydrogen-bond acceptors (Lipinski definition) is 4. The van der Waals surface area contributed by atoms with Gasteiger partial charge in [0.2, 0.25) is 5.91 Å². The number of hydrogen-bond donors (Lipinski definition) is 1. The van der Waals surface area contributed by atoms with Gasteiger partial charge in [0.15, 0.2) is 0 Å². The van der Waals surface area contributed by atoms with Gasteiger partial charge in [0, 0.05) is 57.8 Å². The summed E-state index contributed by atoms with van der Waals surface area (Å²) in [5.74, 6) is 0.853. The van der Waals surface area contributed by atoms with Crippen molar-refractivity contribution in [2.75, 3.05) is 52.4 Å². The lowest BCUT2D eigenvalue weighted by Gasteiger charge is -2.43. The normalized spacial score (nSPS) is 32.0. The lowest BCUT2D eigenvalue weighted by Crippen LogP contribution is -2.54. The van der Waals surface area contributed by atoms with Crippen LogP contribution in [0.25, 0.3) is 0 Å². The fourth-order valence-corrected chi connectivity index (χ4v) is 5.05. The number of carbonyl (C=O) groups excluding carboxylic acids is 1. The summed E-state index contributed by atoms with van der Waals surface area (Å²) >= 11 is 0. The zero-order valence-electron chi connectivity index (χ0n) is 14.3. The van der Waals surface area contributed by atoms with Crippen LogP contribution in [0.4, 0.5) is 0 Å². The largest absolute Gasteiger partial charge is 0.395 e. The molecule has 5 heteroatoms. The second-order valence-electron chi connectivity index (χ2n) is 8.13. The van der Waals surface area contributed by atoms with Crippen LogP contribution in [0.15, 0.2) is 0 Å².